The summed E-state index contributed by atoms with van der Waals surface area (Å²) in [5, 5.41) is 28.4. The molecule has 0 bridgehead atoms. The average molecular weight is 376 g/mol. The number of aliphatic hydroxyl groups excluding tert-OH is 2. The van der Waals surface area contributed by atoms with E-state index in [1.807, 2.05) is 43.4 Å². The van der Waals surface area contributed by atoms with E-state index in [0.29, 0.717) is 12.8 Å². The number of carboxylic acids is 1. The number of hydrogen-bond acceptors (Lipinski definition) is 4. The van der Waals surface area contributed by atoms with Gasteiger partial charge < -0.3 is 15.3 Å². The summed E-state index contributed by atoms with van der Waals surface area (Å²) < 4.78 is 0. The average Bonchev–Trinajstić information content (AvgIpc) is 2.90. The molecule has 5 nitrogen and oxygen atoms in total. The van der Waals surface area contributed by atoms with Gasteiger partial charge in [0.25, 0.3) is 0 Å². The summed E-state index contributed by atoms with van der Waals surface area (Å²) in [6.45, 7) is 1.96. The highest BCUT2D eigenvalue weighted by Crippen LogP contribution is 2.32. The van der Waals surface area contributed by atoms with Crippen molar-refractivity contribution in [3.8, 4) is 0 Å². The zero-order chi connectivity index (χ0) is 20.1. The van der Waals surface area contributed by atoms with E-state index in [9.17, 15) is 19.8 Å². The van der Waals surface area contributed by atoms with Crippen molar-refractivity contribution in [2.24, 2.45) is 11.8 Å². The number of ketones is 1. The Morgan fingerprint density at radius 3 is 2.41 bits per heavy atom. The molecule has 4 atom stereocenters. The van der Waals surface area contributed by atoms with E-state index in [1.54, 1.807) is 12.2 Å². The van der Waals surface area contributed by atoms with E-state index in [4.69, 9.17) is 5.11 Å². The van der Waals surface area contributed by atoms with Crippen molar-refractivity contribution >= 4 is 11.8 Å². The van der Waals surface area contributed by atoms with E-state index < -0.39 is 18.2 Å². The number of allylic oxidation sites excluding steroid dienone is 6. The number of rotatable bonds is 12. The van der Waals surface area contributed by atoms with Gasteiger partial charge >= 0.3 is 5.97 Å². The molecule has 0 amide bonds. The third-order valence-corrected chi connectivity index (χ3v) is 4.70. The molecule has 0 unspecified atom stereocenters. The Hall–Kier alpha value is -1.98. The summed E-state index contributed by atoms with van der Waals surface area (Å²) in [4.78, 5) is 22.2. The second-order valence-corrected chi connectivity index (χ2v) is 6.84. The standard InChI is InChI=1S/C22H32O5/c1-2-18-19(21(25)16-20(18)24)15-14-17(23)12-10-8-6-4-3-5-7-9-11-13-22(26)27/h3-4,7-10,14-15,17-20,23-24H,2,5-6,11-13,16H2,1H3,(H,26,27)/b4-3-,9-7-,10-8-,15-14+/t17-,18+,19+,20+/m0/s1. The SMILES string of the molecule is CC[C@H]1[C@H](O)CC(=O)[C@@H]1/C=C/[C@@H](O)C/C=C\C/C=C\C/C=C\CCC(=O)O. The molecule has 1 rings (SSSR count). The molecule has 0 radical (unpaired) electrons. The lowest BCUT2D eigenvalue weighted by atomic mass is 9.91. The molecule has 0 spiro atoms. The fourth-order valence-electron chi connectivity index (χ4n) is 3.18. The van der Waals surface area contributed by atoms with Crippen molar-refractivity contribution < 1.29 is 24.9 Å². The van der Waals surface area contributed by atoms with Gasteiger partial charge in [0, 0.05) is 18.8 Å². The molecule has 0 aromatic rings. The highest BCUT2D eigenvalue weighted by Gasteiger charge is 2.38. The van der Waals surface area contributed by atoms with E-state index >= 15 is 0 Å². The third kappa shape index (κ3) is 9.50. The first-order valence-corrected chi connectivity index (χ1v) is 9.69. The van der Waals surface area contributed by atoms with Crippen LogP contribution in [0.5, 0.6) is 0 Å². The van der Waals surface area contributed by atoms with Crippen LogP contribution in [-0.4, -0.2) is 39.3 Å². The van der Waals surface area contributed by atoms with Crippen LogP contribution in [0.25, 0.3) is 0 Å². The summed E-state index contributed by atoms with van der Waals surface area (Å²) in [7, 11) is 0. The first-order valence-electron chi connectivity index (χ1n) is 9.69. The number of carbonyl (C=O) groups excluding carboxylic acids is 1. The molecule has 1 aliphatic carbocycles. The van der Waals surface area contributed by atoms with Crippen molar-refractivity contribution in [1.82, 2.24) is 0 Å². The molecule has 0 aromatic carbocycles. The Balaban J connectivity index is 2.22. The quantitative estimate of drug-likeness (QED) is 0.453. The van der Waals surface area contributed by atoms with Crippen LogP contribution < -0.4 is 0 Å². The lowest BCUT2D eigenvalue weighted by Crippen LogP contribution is -2.18. The summed E-state index contributed by atoms with van der Waals surface area (Å²) in [5.41, 5.74) is 0. The van der Waals surface area contributed by atoms with Crippen LogP contribution >= 0.6 is 0 Å². The fourth-order valence-corrected chi connectivity index (χ4v) is 3.18. The zero-order valence-corrected chi connectivity index (χ0v) is 16.0. The Morgan fingerprint density at radius 1 is 1.15 bits per heavy atom. The molecule has 150 valence electrons. The van der Waals surface area contributed by atoms with Gasteiger partial charge in [-0.15, -0.1) is 0 Å². The summed E-state index contributed by atoms with van der Waals surface area (Å²) in [5.74, 6) is -1.06. The second-order valence-electron chi connectivity index (χ2n) is 6.84. The predicted octanol–water partition coefficient (Wildman–Crippen LogP) is 3.58. The van der Waals surface area contributed by atoms with Gasteiger partial charge in [0.1, 0.15) is 5.78 Å². The largest absolute Gasteiger partial charge is 0.481 e. The van der Waals surface area contributed by atoms with Crippen molar-refractivity contribution in [1.29, 1.82) is 0 Å². The highest BCUT2D eigenvalue weighted by molar-refractivity contribution is 5.85. The van der Waals surface area contributed by atoms with E-state index in [-0.39, 0.29) is 30.5 Å². The van der Waals surface area contributed by atoms with Gasteiger partial charge in [0.15, 0.2) is 0 Å². The van der Waals surface area contributed by atoms with Crippen LogP contribution in [0.2, 0.25) is 0 Å². The molecule has 0 saturated heterocycles. The van der Waals surface area contributed by atoms with Crippen LogP contribution in [0.1, 0.15) is 51.9 Å². The maximum atomic E-state index is 11.9. The number of aliphatic hydroxyl groups is 2. The van der Waals surface area contributed by atoms with Crippen molar-refractivity contribution in [2.75, 3.05) is 0 Å². The summed E-state index contributed by atoms with van der Waals surface area (Å²) in [6, 6.07) is 0. The molecular formula is C22H32O5. The van der Waals surface area contributed by atoms with E-state index in [0.717, 1.165) is 19.3 Å². The number of Topliss-reactive ketones (excluding diaryl/α,β-unsaturated/α-hetero) is 1. The van der Waals surface area contributed by atoms with Gasteiger partial charge in [0.05, 0.1) is 12.2 Å². The predicted molar refractivity (Wildman–Crippen MR) is 106 cm³/mol. The first-order chi connectivity index (χ1) is 13.0. The van der Waals surface area contributed by atoms with E-state index in [2.05, 4.69) is 0 Å². The van der Waals surface area contributed by atoms with Crippen LogP contribution in [0.15, 0.2) is 48.6 Å². The lowest BCUT2D eigenvalue weighted by Gasteiger charge is -2.16. The smallest absolute Gasteiger partial charge is 0.303 e. The lowest BCUT2D eigenvalue weighted by molar-refractivity contribution is -0.136. The molecule has 3 N–H and O–H groups in total. The topological polar surface area (TPSA) is 94.8 Å². The fraction of sp³-hybridized carbons (Fsp3) is 0.545. The van der Waals surface area contributed by atoms with Gasteiger partial charge in [-0.2, -0.15) is 0 Å². The van der Waals surface area contributed by atoms with Crippen LogP contribution in [0.3, 0.4) is 0 Å². The molecule has 0 heterocycles. The van der Waals surface area contributed by atoms with Crippen molar-refractivity contribution in [3.63, 3.8) is 0 Å². The molecule has 1 aliphatic rings. The van der Waals surface area contributed by atoms with Gasteiger partial charge in [-0.3, -0.25) is 9.59 Å². The maximum absolute atomic E-state index is 11.9. The van der Waals surface area contributed by atoms with Gasteiger partial charge in [-0.1, -0.05) is 55.5 Å². The minimum atomic E-state index is -0.782. The van der Waals surface area contributed by atoms with E-state index in [1.165, 1.54) is 0 Å². The molecule has 27 heavy (non-hydrogen) atoms. The molecule has 1 fully saturated rings. The Labute approximate surface area is 161 Å². The Bertz CT molecular complexity index is 573. The molecule has 0 aliphatic heterocycles. The molecule has 0 aromatic heterocycles. The number of aliphatic carboxylic acids is 1. The Kier molecular flexibility index (Phi) is 11.3. The van der Waals surface area contributed by atoms with Crippen LogP contribution in [0, 0.1) is 11.8 Å². The minimum absolute atomic E-state index is 0.0418. The molecule has 5 heteroatoms. The summed E-state index contributed by atoms with van der Waals surface area (Å²) in [6.07, 6.45) is 17.7. The minimum Gasteiger partial charge on any atom is -0.481 e. The third-order valence-electron chi connectivity index (χ3n) is 4.70. The Morgan fingerprint density at radius 2 is 1.78 bits per heavy atom. The van der Waals surface area contributed by atoms with Gasteiger partial charge in [0.2, 0.25) is 0 Å². The molecular weight excluding hydrogens is 344 g/mol. The molecule has 1 saturated carbocycles. The summed E-state index contributed by atoms with van der Waals surface area (Å²) >= 11 is 0. The zero-order valence-electron chi connectivity index (χ0n) is 16.0. The monoisotopic (exact) mass is 376 g/mol. The number of hydrogen-bond donors (Lipinski definition) is 3. The second kappa shape index (κ2) is 13.2. The normalized spacial score (nSPS) is 24.9. The van der Waals surface area contributed by atoms with Gasteiger partial charge in [-0.25, -0.2) is 0 Å². The first kappa shape index (κ1) is 23.1. The number of carboxylic acid groups (broad SMARTS) is 1. The maximum Gasteiger partial charge on any atom is 0.303 e. The highest BCUT2D eigenvalue weighted by atomic mass is 16.4. The van der Waals surface area contributed by atoms with Crippen LogP contribution in [-0.2, 0) is 9.59 Å². The van der Waals surface area contributed by atoms with Crippen LogP contribution in [0.4, 0.5) is 0 Å². The van der Waals surface area contributed by atoms with Crippen molar-refractivity contribution in [3.05, 3.63) is 48.6 Å². The van der Waals surface area contributed by atoms with Crippen molar-refractivity contribution in [2.45, 2.75) is 64.1 Å². The number of carbonyl (C=O) groups is 2. The van der Waals surface area contributed by atoms with Gasteiger partial charge in [-0.05, 0) is 38.0 Å².